The predicted octanol–water partition coefficient (Wildman–Crippen LogP) is 6.57. The Labute approximate surface area is 188 Å². The maximum absolute atomic E-state index is 11.7. The molecule has 0 radical (unpaired) electrons. The molecule has 0 spiro atoms. The van der Waals surface area contributed by atoms with Gasteiger partial charge in [0.25, 0.3) is 0 Å². The summed E-state index contributed by atoms with van der Waals surface area (Å²) in [7, 11) is 0. The van der Waals surface area contributed by atoms with Crippen LogP contribution in [0.2, 0.25) is 0 Å². The van der Waals surface area contributed by atoms with Crippen LogP contribution in [0.5, 0.6) is 5.75 Å². The number of phenolic OH excluding ortho intramolecular Hbond substituents is 1. The number of benzene rings is 1. The van der Waals surface area contributed by atoms with Crippen molar-refractivity contribution < 1.29 is 15.0 Å². The third-order valence-corrected chi connectivity index (χ3v) is 5.31. The molecule has 0 aliphatic heterocycles. The molecule has 2 atom stereocenters. The van der Waals surface area contributed by atoms with Gasteiger partial charge in [-0.05, 0) is 69.1 Å². The van der Waals surface area contributed by atoms with Crippen LogP contribution in [0.3, 0.4) is 0 Å². The Hall–Kier alpha value is -2.33. The average molecular weight is 428 g/mol. The highest BCUT2D eigenvalue weighted by atomic mass is 16.4. The van der Waals surface area contributed by atoms with E-state index in [1.54, 1.807) is 24.3 Å². The first kappa shape index (κ1) is 26.7. The van der Waals surface area contributed by atoms with Crippen molar-refractivity contribution in [2.45, 2.75) is 90.1 Å². The monoisotopic (exact) mass is 427 g/mol. The van der Waals surface area contributed by atoms with E-state index in [2.05, 4.69) is 55.6 Å². The van der Waals surface area contributed by atoms with Gasteiger partial charge in [-0.25, -0.2) is 0 Å². The fraction of sp³-hybridized carbons (Fsp3) is 0.519. The number of carbonyl (C=O) groups is 1. The normalized spacial score (nSPS) is 14.0. The molecular weight excluding hydrogens is 386 g/mol. The van der Waals surface area contributed by atoms with E-state index in [0.29, 0.717) is 6.42 Å². The lowest BCUT2D eigenvalue weighted by molar-refractivity contribution is -0.139. The summed E-state index contributed by atoms with van der Waals surface area (Å²) in [4.78, 5) is 11.7. The minimum absolute atomic E-state index is 0.196. The maximum Gasteiger partial charge on any atom is 0.321 e. The van der Waals surface area contributed by atoms with Crippen LogP contribution in [0.4, 0.5) is 0 Å². The largest absolute Gasteiger partial charge is 0.508 e. The third kappa shape index (κ3) is 13.6. The standard InChI is InChI=1S/C27H41NO3/c1-3-5-6-7-8-9-10-11-12-13-14-15-16-17-24(4-2)28-26(27(30)31)22-23-18-20-25(29)21-19-23/h5-6,8-9,11-12,18-21,24,26,28-29H,3-4,7,10,13-17,22H2,1-2H3,(H,30,31)/b6-5-,9-8-,12-11-/t24?,26-/m0/s1. The van der Waals surface area contributed by atoms with Crippen molar-refractivity contribution in [1.82, 2.24) is 5.32 Å². The topological polar surface area (TPSA) is 69.6 Å². The van der Waals surface area contributed by atoms with Crippen molar-refractivity contribution in [3.63, 3.8) is 0 Å². The molecule has 172 valence electrons. The van der Waals surface area contributed by atoms with Crippen LogP contribution >= 0.6 is 0 Å². The van der Waals surface area contributed by atoms with Gasteiger partial charge in [0.15, 0.2) is 0 Å². The Morgan fingerprint density at radius 1 is 0.935 bits per heavy atom. The van der Waals surface area contributed by atoms with Crippen molar-refractivity contribution in [3.05, 3.63) is 66.3 Å². The molecule has 4 nitrogen and oxygen atoms in total. The molecule has 1 aromatic rings. The number of nitrogens with one attached hydrogen (secondary N) is 1. The zero-order valence-corrected chi connectivity index (χ0v) is 19.3. The lowest BCUT2D eigenvalue weighted by Crippen LogP contribution is -2.44. The fourth-order valence-electron chi connectivity index (χ4n) is 3.43. The summed E-state index contributed by atoms with van der Waals surface area (Å²) < 4.78 is 0. The molecule has 0 bridgehead atoms. The number of carboxylic acids is 1. The molecule has 0 amide bonds. The zero-order chi connectivity index (χ0) is 22.7. The van der Waals surface area contributed by atoms with Crippen molar-refractivity contribution in [2.24, 2.45) is 0 Å². The maximum atomic E-state index is 11.7. The van der Waals surface area contributed by atoms with Crippen molar-refractivity contribution in [1.29, 1.82) is 0 Å². The lowest BCUT2D eigenvalue weighted by atomic mass is 10.0. The Morgan fingerprint density at radius 3 is 2.19 bits per heavy atom. The molecule has 0 saturated heterocycles. The fourth-order valence-corrected chi connectivity index (χ4v) is 3.43. The second-order valence-electron chi connectivity index (χ2n) is 7.97. The molecule has 4 heteroatoms. The number of hydrogen-bond donors (Lipinski definition) is 3. The van der Waals surface area contributed by atoms with Crippen molar-refractivity contribution in [3.8, 4) is 5.75 Å². The Kier molecular flexibility index (Phi) is 15.0. The number of hydrogen-bond acceptors (Lipinski definition) is 3. The summed E-state index contributed by atoms with van der Waals surface area (Å²) >= 11 is 0. The quantitative estimate of drug-likeness (QED) is 0.194. The average Bonchev–Trinajstić information content (AvgIpc) is 2.76. The molecule has 1 unspecified atom stereocenters. The van der Waals surface area contributed by atoms with Crippen molar-refractivity contribution >= 4 is 5.97 Å². The third-order valence-electron chi connectivity index (χ3n) is 5.31. The van der Waals surface area contributed by atoms with E-state index in [-0.39, 0.29) is 11.8 Å². The van der Waals surface area contributed by atoms with E-state index in [4.69, 9.17) is 0 Å². The summed E-state index contributed by atoms with van der Waals surface area (Å²) in [5.41, 5.74) is 0.909. The van der Waals surface area contributed by atoms with E-state index < -0.39 is 12.0 Å². The van der Waals surface area contributed by atoms with Gasteiger partial charge in [-0.3, -0.25) is 4.79 Å². The molecule has 0 aliphatic rings. The number of allylic oxidation sites excluding steroid dienone is 6. The van der Waals surface area contributed by atoms with Crippen LogP contribution in [0, 0.1) is 0 Å². The second kappa shape index (κ2) is 17.4. The van der Waals surface area contributed by atoms with Gasteiger partial charge < -0.3 is 15.5 Å². The molecule has 3 N–H and O–H groups in total. The summed E-state index contributed by atoms with van der Waals surface area (Å²) in [6.45, 7) is 4.25. The number of aromatic hydroxyl groups is 1. The molecule has 0 aliphatic carbocycles. The van der Waals surface area contributed by atoms with Crippen LogP contribution in [-0.2, 0) is 11.2 Å². The molecule has 0 saturated carbocycles. The zero-order valence-electron chi connectivity index (χ0n) is 19.3. The van der Waals surface area contributed by atoms with Crippen molar-refractivity contribution in [2.75, 3.05) is 0 Å². The molecule has 1 aromatic carbocycles. The minimum Gasteiger partial charge on any atom is -0.508 e. The van der Waals surface area contributed by atoms with E-state index in [1.807, 2.05) is 0 Å². The van der Waals surface area contributed by atoms with Gasteiger partial charge >= 0.3 is 5.97 Å². The number of aliphatic carboxylic acids is 1. The van der Waals surface area contributed by atoms with Gasteiger partial charge in [0, 0.05) is 6.04 Å². The van der Waals surface area contributed by atoms with Gasteiger partial charge in [-0.2, -0.15) is 0 Å². The SMILES string of the molecule is CC/C=C\C/C=C\C/C=C\CCCCCC(CC)N[C@@H](Cc1ccc(O)cc1)C(=O)O. The summed E-state index contributed by atoms with van der Waals surface area (Å²) in [6.07, 6.45) is 23.3. The van der Waals surface area contributed by atoms with E-state index in [0.717, 1.165) is 56.9 Å². The summed E-state index contributed by atoms with van der Waals surface area (Å²) in [6, 6.07) is 6.35. The first-order valence-electron chi connectivity index (χ1n) is 11.8. The highest BCUT2D eigenvalue weighted by molar-refractivity contribution is 5.74. The van der Waals surface area contributed by atoms with Gasteiger partial charge in [-0.1, -0.05) is 75.3 Å². The molecule has 0 aromatic heterocycles. The van der Waals surface area contributed by atoms with Crippen LogP contribution in [0.15, 0.2) is 60.7 Å². The Balaban J connectivity index is 2.23. The van der Waals surface area contributed by atoms with Crippen LogP contribution in [0.25, 0.3) is 0 Å². The number of rotatable bonds is 17. The van der Waals surface area contributed by atoms with Gasteiger partial charge in [-0.15, -0.1) is 0 Å². The molecule has 0 fully saturated rings. The summed E-state index contributed by atoms with van der Waals surface area (Å²) in [5.74, 6) is -0.631. The first-order chi connectivity index (χ1) is 15.1. The predicted molar refractivity (Wildman–Crippen MR) is 130 cm³/mol. The highest BCUT2D eigenvalue weighted by Crippen LogP contribution is 2.14. The number of unbranched alkanes of at least 4 members (excludes halogenated alkanes) is 3. The van der Waals surface area contributed by atoms with E-state index in [9.17, 15) is 15.0 Å². The minimum atomic E-state index is -0.827. The van der Waals surface area contributed by atoms with Crippen LogP contribution < -0.4 is 5.32 Å². The van der Waals surface area contributed by atoms with Gasteiger partial charge in [0.2, 0.25) is 0 Å². The Bertz CT molecular complexity index is 676. The van der Waals surface area contributed by atoms with E-state index >= 15 is 0 Å². The second-order valence-corrected chi connectivity index (χ2v) is 7.97. The highest BCUT2D eigenvalue weighted by Gasteiger charge is 2.21. The molecule has 1 rings (SSSR count). The summed E-state index contributed by atoms with van der Waals surface area (Å²) in [5, 5.41) is 22.3. The Morgan fingerprint density at radius 2 is 1.58 bits per heavy atom. The van der Waals surface area contributed by atoms with Crippen LogP contribution in [-0.4, -0.2) is 28.3 Å². The molecular formula is C27H41NO3. The van der Waals surface area contributed by atoms with Crippen LogP contribution in [0.1, 0.15) is 77.2 Å². The van der Waals surface area contributed by atoms with Gasteiger partial charge in [0.05, 0.1) is 0 Å². The van der Waals surface area contributed by atoms with E-state index in [1.165, 1.54) is 6.42 Å². The number of carboxylic acid groups (broad SMARTS) is 1. The lowest BCUT2D eigenvalue weighted by Gasteiger charge is -2.22. The smallest absolute Gasteiger partial charge is 0.321 e. The molecule has 0 heterocycles. The number of phenols is 1. The molecule has 31 heavy (non-hydrogen) atoms. The van der Waals surface area contributed by atoms with Gasteiger partial charge in [0.1, 0.15) is 11.8 Å². The first-order valence-corrected chi connectivity index (χ1v) is 11.8.